The molecule has 0 saturated carbocycles. The van der Waals surface area contributed by atoms with Crippen LogP contribution in [0.15, 0.2) is 42.5 Å². The van der Waals surface area contributed by atoms with Crippen molar-refractivity contribution in [2.45, 2.75) is 13.5 Å². The SMILES string of the molecule is Cc1cc(OCc2ccccc2Cl)ccc1[B-](F)(F)F.[K+]. The number of hydrogen-bond donors (Lipinski definition) is 0. The molecule has 0 aliphatic heterocycles. The van der Waals surface area contributed by atoms with Crippen molar-refractivity contribution in [3.8, 4) is 5.75 Å². The van der Waals surface area contributed by atoms with Gasteiger partial charge in [0.05, 0.1) is 0 Å². The quantitative estimate of drug-likeness (QED) is 0.763. The van der Waals surface area contributed by atoms with E-state index in [2.05, 4.69) is 0 Å². The fourth-order valence-electron chi connectivity index (χ4n) is 1.88. The van der Waals surface area contributed by atoms with Crippen LogP contribution in [0, 0.1) is 6.92 Å². The predicted molar refractivity (Wildman–Crippen MR) is 75.7 cm³/mol. The van der Waals surface area contributed by atoms with E-state index >= 15 is 0 Å². The molecule has 0 heterocycles. The predicted octanol–water partition coefficient (Wildman–Crippen LogP) is 1.29. The number of aryl methyl sites for hydroxylation is 1. The zero-order valence-electron chi connectivity index (χ0n) is 11.7. The van der Waals surface area contributed by atoms with E-state index in [4.69, 9.17) is 16.3 Å². The first-order chi connectivity index (χ1) is 9.38. The molecule has 1 nitrogen and oxygen atoms in total. The average Bonchev–Trinajstić information content (AvgIpc) is 2.36. The van der Waals surface area contributed by atoms with Crippen molar-refractivity contribution in [3.05, 3.63) is 58.6 Å². The van der Waals surface area contributed by atoms with Gasteiger partial charge in [0, 0.05) is 10.6 Å². The molecule has 0 bridgehead atoms. The van der Waals surface area contributed by atoms with E-state index in [1.807, 2.05) is 12.1 Å². The summed E-state index contributed by atoms with van der Waals surface area (Å²) in [5.74, 6) is 0.395. The van der Waals surface area contributed by atoms with Crippen LogP contribution in [-0.2, 0) is 6.61 Å². The zero-order chi connectivity index (χ0) is 14.8. The van der Waals surface area contributed by atoms with Crippen molar-refractivity contribution < 1.29 is 69.1 Å². The summed E-state index contributed by atoms with van der Waals surface area (Å²) in [6, 6.07) is 10.9. The molecule has 106 valence electrons. The third kappa shape index (κ3) is 5.30. The fraction of sp³-hybridized carbons (Fsp3) is 0.143. The van der Waals surface area contributed by atoms with E-state index < -0.39 is 12.4 Å². The van der Waals surface area contributed by atoms with Gasteiger partial charge in [-0.15, -0.1) is 5.46 Å². The topological polar surface area (TPSA) is 9.23 Å². The van der Waals surface area contributed by atoms with E-state index in [0.29, 0.717) is 10.8 Å². The molecule has 2 rings (SSSR count). The minimum absolute atomic E-state index is 0. The largest absolute Gasteiger partial charge is 1.00 e. The van der Waals surface area contributed by atoms with Crippen LogP contribution in [0.1, 0.15) is 11.1 Å². The van der Waals surface area contributed by atoms with Gasteiger partial charge in [0.1, 0.15) is 12.4 Å². The Hall–Kier alpha value is 0.0213. The van der Waals surface area contributed by atoms with E-state index in [0.717, 1.165) is 11.6 Å². The number of benzene rings is 2. The summed E-state index contributed by atoms with van der Waals surface area (Å²) >= 11 is 5.98. The van der Waals surface area contributed by atoms with Crippen molar-refractivity contribution in [2.75, 3.05) is 0 Å². The van der Waals surface area contributed by atoms with Gasteiger partial charge in [0.25, 0.3) is 0 Å². The van der Waals surface area contributed by atoms with E-state index in [9.17, 15) is 12.9 Å². The molecule has 7 heteroatoms. The maximum Gasteiger partial charge on any atom is 1.00 e. The Labute approximate surface area is 169 Å². The van der Waals surface area contributed by atoms with Crippen LogP contribution in [0.3, 0.4) is 0 Å². The maximum atomic E-state index is 12.7. The Morgan fingerprint density at radius 2 is 1.76 bits per heavy atom. The van der Waals surface area contributed by atoms with Gasteiger partial charge in [-0.05, 0) is 25.1 Å². The van der Waals surface area contributed by atoms with Gasteiger partial charge < -0.3 is 17.7 Å². The maximum absolute atomic E-state index is 12.7. The minimum atomic E-state index is -4.99. The van der Waals surface area contributed by atoms with Gasteiger partial charge in [-0.1, -0.05) is 41.4 Å². The van der Waals surface area contributed by atoms with Crippen LogP contribution in [0.25, 0.3) is 0 Å². The second-order valence-electron chi connectivity index (χ2n) is 4.47. The molecule has 0 aromatic heterocycles. The zero-order valence-corrected chi connectivity index (χ0v) is 15.6. The monoisotopic (exact) mass is 338 g/mol. The van der Waals surface area contributed by atoms with E-state index in [1.165, 1.54) is 19.1 Å². The molecule has 2 aromatic rings. The number of hydrogen-bond acceptors (Lipinski definition) is 1. The second kappa shape index (κ2) is 8.04. The molecule has 0 fully saturated rings. The van der Waals surface area contributed by atoms with Gasteiger partial charge >= 0.3 is 58.4 Å². The van der Waals surface area contributed by atoms with Crippen molar-refractivity contribution >= 4 is 24.0 Å². The van der Waals surface area contributed by atoms with Crippen molar-refractivity contribution in [1.82, 2.24) is 0 Å². The Bertz CT molecular complexity index is 619. The molecular formula is C14H12BClF3KO. The summed E-state index contributed by atoms with van der Waals surface area (Å²) in [5, 5.41) is 0.569. The summed E-state index contributed by atoms with van der Waals surface area (Å²) in [7, 11) is 0. The van der Waals surface area contributed by atoms with Gasteiger partial charge in [0.2, 0.25) is 0 Å². The van der Waals surface area contributed by atoms with E-state index in [-0.39, 0.29) is 63.6 Å². The molecule has 0 saturated heterocycles. The standard InChI is InChI=1S/C14H12BClF3O.K/c1-10-8-12(6-7-13(10)15(17,18)19)20-9-11-4-2-3-5-14(11)16;/h2-8H,9H2,1H3;/q-1;+1. The number of rotatable bonds is 4. The van der Waals surface area contributed by atoms with Gasteiger partial charge in [0.15, 0.2) is 0 Å². The molecule has 0 amide bonds. The molecule has 0 aliphatic rings. The second-order valence-corrected chi connectivity index (χ2v) is 4.88. The van der Waals surface area contributed by atoms with Crippen molar-refractivity contribution in [3.63, 3.8) is 0 Å². The normalized spacial score (nSPS) is 10.9. The number of ether oxygens (including phenoxy) is 1. The van der Waals surface area contributed by atoms with Crippen molar-refractivity contribution in [1.29, 1.82) is 0 Å². The van der Waals surface area contributed by atoms with Crippen LogP contribution >= 0.6 is 11.6 Å². The first kappa shape index (κ1) is 19.1. The minimum Gasteiger partial charge on any atom is -0.489 e. The first-order valence-electron chi connectivity index (χ1n) is 6.04. The average molecular weight is 339 g/mol. The molecule has 0 aliphatic carbocycles. The fourth-order valence-corrected chi connectivity index (χ4v) is 2.07. The Morgan fingerprint density at radius 3 is 2.33 bits per heavy atom. The van der Waals surface area contributed by atoms with E-state index in [1.54, 1.807) is 12.1 Å². The summed E-state index contributed by atoms with van der Waals surface area (Å²) in [5.41, 5.74) is 0.361. The molecular weight excluding hydrogens is 327 g/mol. The summed E-state index contributed by atoms with van der Waals surface area (Å²) < 4.78 is 43.5. The molecule has 0 radical (unpaired) electrons. The van der Waals surface area contributed by atoms with Crippen LogP contribution < -0.4 is 61.6 Å². The van der Waals surface area contributed by atoms with Crippen LogP contribution in [-0.4, -0.2) is 6.98 Å². The van der Waals surface area contributed by atoms with Gasteiger partial charge in [-0.2, -0.15) is 0 Å². The van der Waals surface area contributed by atoms with Crippen LogP contribution in [0.2, 0.25) is 5.02 Å². The Kier molecular flexibility index (Phi) is 7.30. The smallest absolute Gasteiger partial charge is 0.489 e. The number of halogens is 4. The van der Waals surface area contributed by atoms with Crippen LogP contribution in [0.5, 0.6) is 5.75 Å². The molecule has 2 aromatic carbocycles. The molecule has 0 N–H and O–H groups in total. The Morgan fingerprint density at radius 1 is 1.10 bits per heavy atom. The Balaban J connectivity index is 0.00000220. The van der Waals surface area contributed by atoms with Gasteiger partial charge in [-0.3, -0.25) is 0 Å². The first-order valence-corrected chi connectivity index (χ1v) is 6.42. The summed E-state index contributed by atoms with van der Waals surface area (Å²) in [6.07, 6.45) is 0. The molecule has 0 unspecified atom stereocenters. The summed E-state index contributed by atoms with van der Waals surface area (Å²) in [4.78, 5) is 0. The third-order valence-corrected chi connectivity index (χ3v) is 3.31. The summed E-state index contributed by atoms with van der Waals surface area (Å²) in [6.45, 7) is -3.34. The third-order valence-electron chi connectivity index (χ3n) is 2.95. The van der Waals surface area contributed by atoms with Crippen molar-refractivity contribution in [2.24, 2.45) is 0 Å². The molecule has 0 atom stereocenters. The molecule has 21 heavy (non-hydrogen) atoms. The van der Waals surface area contributed by atoms with Gasteiger partial charge in [-0.25, -0.2) is 0 Å². The van der Waals surface area contributed by atoms with Crippen LogP contribution in [0.4, 0.5) is 12.9 Å². The molecule has 0 spiro atoms.